The summed E-state index contributed by atoms with van der Waals surface area (Å²) in [5.41, 5.74) is 1.53. The van der Waals surface area contributed by atoms with E-state index in [1.807, 2.05) is 16.8 Å². The standard InChI is InChI=1S/C18H18N2O5S4/c1-11-16(28-17(20-11)12-6-8-26-10-12)18(22)25-9-14(21)15-4-3-13(27-15)5-7-19-29(2,23)24/h3-4,6,8,10,19H,5,7,9H2,1-2H3. The van der Waals surface area contributed by atoms with Gasteiger partial charge in [0.1, 0.15) is 9.88 Å². The van der Waals surface area contributed by atoms with Crippen molar-refractivity contribution in [2.45, 2.75) is 13.3 Å². The highest BCUT2D eigenvalue weighted by Crippen LogP contribution is 2.29. The number of esters is 1. The summed E-state index contributed by atoms with van der Waals surface area (Å²) in [4.78, 5) is 30.8. The van der Waals surface area contributed by atoms with E-state index in [0.29, 0.717) is 21.9 Å². The van der Waals surface area contributed by atoms with Crippen LogP contribution in [-0.4, -0.2) is 44.6 Å². The van der Waals surface area contributed by atoms with E-state index in [1.54, 1.807) is 30.4 Å². The number of nitrogens with one attached hydrogen (secondary N) is 1. The molecular formula is C18H18N2O5S4. The van der Waals surface area contributed by atoms with Crippen LogP contribution in [0.5, 0.6) is 0 Å². The largest absolute Gasteiger partial charge is 0.453 e. The van der Waals surface area contributed by atoms with Crippen LogP contribution < -0.4 is 4.72 Å². The van der Waals surface area contributed by atoms with Crippen molar-refractivity contribution in [1.82, 2.24) is 9.71 Å². The smallest absolute Gasteiger partial charge is 0.350 e. The van der Waals surface area contributed by atoms with Crippen molar-refractivity contribution in [3.63, 3.8) is 0 Å². The fourth-order valence-electron chi connectivity index (χ4n) is 2.38. The Kier molecular flexibility index (Phi) is 6.96. The predicted molar refractivity (Wildman–Crippen MR) is 116 cm³/mol. The van der Waals surface area contributed by atoms with Crippen LogP contribution in [0.15, 0.2) is 29.0 Å². The maximum atomic E-state index is 12.4. The summed E-state index contributed by atoms with van der Waals surface area (Å²) in [7, 11) is -3.24. The van der Waals surface area contributed by atoms with Crippen LogP contribution in [0.3, 0.4) is 0 Å². The fraction of sp³-hybridized carbons (Fsp3) is 0.278. The minimum absolute atomic E-state index is 0.263. The predicted octanol–water partition coefficient (Wildman–Crippen LogP) is 3.37. The van der Waals surface area contributed by atoms with Crippen LogP contribution in [0.4, 0.5) is 0 Å². The highest BCUT2D eigenvalue weighted by molar-refractivity contribution is 7.88. The highest BCUT2D eigenvalue weighted by atomic mass is 32.2. The van der Waals surface area contributed by atoms with Crippen molar-refractivity contribution in [2.24, 2.45) is 0 Å². The van der Waals surface area contributed by atoms with Gasteiger partial charge in [0.05, 0.1) is 16.8 Å². The molecule has 1 N–H and O–H groups in total. The first kappa shape index (κ1) is 21.8. The minimum Gasteiger partial charge on any atom is -0.453 e. The molecule has 0 saturated heterocycles. The lowest BCUT2D eigenvalue weighted by Crippen LogP contribution is -2.24. The third kappa shape index (κ3) is 6.03. The van der Waals surface area contributed by atoms with Gasteiger partial charge in [-0.05, 0) is 36.9 Å². The van der Waals surface area contributed by atoms with Gasteiger partial charge in [-0.25, -0.2) is 22.9 Å². The van der Waals surface area contributed by atoms with Crippen molar-refractivity contribution in [3.8, 4) is 10.6 Å². The van der Waals surface area contributed by atoms with Crippen molar-refractivity contribution < 1.29 is 22.7 Å². The average Bonchev–Trinajstić information content (AvgIpc) is 3.38. The first-order valence-electron chi connectivity index (χ1n) is 8.46. The van der Waals surface area contributed by atoms with Crippen LogP contribution in [0, 0.1) is 6.92 Å². The summed E-state index contributed by atoms with van der Waals surface area (Å²) in [6.45, 7) is 1.64. The summed E-state index contributed by atoms with van der Waals surface area (Å²) in [6.07, 6.45) is 1.58. The Balaban J connectivity index is 1.55. The molecule has 0 saturated carbocycles. The molecule has 29 heavy (non-hydrogen) atoms. The fourth-order valence-corrected chi connectivity index (χ4v) is 5.46. The number of ether oxygens (including phenoxy) is 1. The Morgan fingerprint density at radius 2 is 2.00 bits per heavy atom. The zero-order valence-electron chi connectivity index (χ0n) is 15.6. The first-order valence-corrected chi connectivity index (χ1v) is 12.9. The lowest BCUT2D eigenvalue weighted by atomic mass is 10.3. The molecule has 0 aliphatic carbocycles. The van der Waals surface area contributed by atoms with Crippen LogP contribution in [0.25, 0.3) is 10.6 Å². The number of carbonyl (C=O) groups is 2. The molecule has 0 unspecified atom stereocenters. The summed E-state index contributed by atoms with van der Waals surface area (Å²) < 4.78 is 29.8. The molecule has 3 rings (SSSR count). The number of aryl methyl sites for hydroxylation is 1. The second kappa shape index (κ2) is 9.26. The van der Waals surface area contributed by atoms with E-state index in [4.69, 9.17) is 4.74 Å². The van der Waals surface area contributed by atoms with Crippen molar-refractivity contribution in [3.05, 3.63) is 49.3 Å². The molecule has 0 spiro atoms. The Hall–Kier alpha value is -1.92. The molecule has 3 aromatic heterocycles. The van der Waals surface area contributed by atoms with E-state index < -0.39 is 16.0 Å². The SMILES string of the molecule is Cc1nc(-c2ccsc2)sc1C(=O)OCC(=O)c1ccc(CCNS(C)(=O)=O)s1. The van der Waals surface area contributed by atoms with Gasteiger partial charge in [0.15, 0.2) is 6.61 Å². The summed E-state index contributed by atoms with van der Waals surface area (Å²) >= 11 is 4.06. The first-order chi connectivity index (χ1) is 13.7. The Labute approximate surface area is 180 Å². The van der Waals surface area contributed by atoms with Gasteiger partial charge >= 0.3 is 5.97 Å². The molecule has 154 valence electrons. The van der Waals surface area contributed by atoms with E-state index in [0.717, 1.165) is 21.7 Å². The number of Topliss-reactive ketones (excluding diaryl/α,β-unsaturated/α-hetero) is 1. The molecule has 0 fully saturated rings. The second-order valence-corrected chi connectivity index (χ2v) is 10.9. The van der Waals surface area contributed by atoms with Crippen molar-refractivity contribution in [2.75, 3.05) is 19.4 Å². The summed E-state index contributed by atoms with van der Waals surface area (Å²) in [6, 6.07) is 5.36. The normalized spacial score (nSPS) is 11.5. The van der Waals surface area contributed by atoms with Gasteiger partial charge in [-0.15, -0.1) is 22.7 Å². The van der Waals surface area contributed by atoms with Crippen molar-refractivity contribution in [1.29, 1.82) is 0 Å². The lowest BCUT2D eigenvalue weighted by molar-refractivity contribution is 0.0479. The Morgan fingerprint density at radius 3 is 2.69 bits per heavy atom. The molecule has 0 radical (unpaired) electrons. The Morgan fingerprint density at radius 1 is 1.21 bits per heavy atom. The highest BCUT2D eigenvalue weighted by Gasteiger charge is 2.20. The molecule has 0 bridgehead atoms. The number of sulfonamides is 1. The zero-order chi connectivity index (χ0) is 21.0. The maximum absolute atomic E-state index is 12.4. The van der Waals surface area contributed by atoms with Gasteiger partial charge < -0.3 is 4.74 Å². The maximum Gasteiger partial charge on any atom is 0.350 e. The van der Waals surface area contributed by atoms with Crippen LogP contribution in [0.2, 0.25) is 0 Å². The monoisotopic (exact) mass is 470 g/mol. The Bertz CT molecular complexity index is 1110. The van der Waals surface area contributed by atoms with E-state index in [2.05, 4.69) is 9.71 Å². The number of hydrogen-bond acceptors (Lipinski definition) is 9. The minimum atomic E-state index is -3.24. The van der Waals surface area contributed by atoms with Crippen LogP contribution >= 0.6 is 34.0 Å². The van der Waals surface area contributed by atoms with E-state index >= 15 is 0 Å². The molecular weight excluding hydrogens is 452 g/mol. The molecule has 11 heteroatoms. The van der Waals surface area contributed by atoms with Gasteiger partial charge in [-0.3, -0.25) is 4.79 Å². The van der Waals surface area contributed by atoms with Crippen LogP contribution in [-0.2, 0) is 21.2 Å². The van der Waals surface area contributed by atoms with Crippen molar-refractivity contribution >= 4 is 55.8 Å². The number of thiophene rings is 2. The summed E-state index contributed by atoms with van der Waals surface area (Å²) in [5.74, 6) is -0.866. The molecule has 7 nitrogen and oxygen atoms in total. The molecule has 0 aromatic carbocycles. The van der Waals surface area contributed by atoms with E-state index in [1.165, 1.54) is 22.7 Å². The van der Waals surface area contributed by atoms with Gasteiger partial charge in [0, 0.05) is 22.4 Å². The van der Waals surface area contributed by atoms with Crippen LogP contribution in [0.1, 0.15) is 29.9 Å². The molecule has 0 atom stereocenters. The number of nitrogens with zero attached hydrogens (tertiary/aromatic N) is 1. The number of ketones is 1. The summed E-state index contributed by atoms with van der Waals surface area (Å²) in [5, 5.41) is 4.64. The topological polar surface area (TPSA) is 102 Å². The average molecular weight is 471 g/mol. The zero-order valence-corrected chi connectivity index (χ0v) is 18.9. The number of carbonyl (C=O) groups excluding carboxylic acids is 2. The molecule has 3 heterocycles. The van der Waals surface area contributed by atoms with E-state index in [-0.39, 0.29) is 18.9 Å². The third-order valence-corrected chi connectivity index (χ3v) is 7.54. The second-order valence-electron chi connectivity index (χ2n) is 6.13. The van der Waals surface area contributed by atoms with Gasteiger partial charge in [0.25, 0.3) is 0 Å². The van der Waals surface area contributed by atoms with Gasteiger partial charge in [-0.1, -0.05) is 0 Å². The molecule has 0 amide bonds. The molecule has 0 aliphatic rings. The molecule has 0 aliphatic heterocycles. The number of hydrogen-bond donors (Lipinski definition) is 1. The number of thiazole rings is 1. The van der Waals surface area contributed by atoms with Gasteiger partial charge in [-0.2, -0.15) is 11.3 Å². The lowest BCUT2D eigenvalue weighted by Gasteiger charge is -2.02. The quantitative estimate of drug-likeness (QED) is 0.380. The van der Waals surface area contributed by atoms with Gasteiger partial charge in [0.2, 0.25) is 15.8 Å². The number of aromatic nitrogens is 1. The number of rotatable bonds is 9. The van der Waals surface area contributed by atoms with E-state index in [9.17, 15) is 18.0 Å². The third-order valence-electron chi connectivity index (χ3n) is 3.76. The molecule has 3 aromatic rings.